The minimum absolute atomic E-state index is 0.0317. The molecule has 1 aliphatic heterocycles. The molecule has 1 saturated heterocycles. The van der Waals surface area contributed by atoms with Crippen molar-refractivity contribution in [2.24, 2.45) is 0 Å². The van der Waals surface area contributed by atoms with Crippen LogP contribution in [0.1, 0.15) is 5.56 Å². The SMILES string of the molecule is O=C(OCc1ccccc1)N1CCN(S(=O)(=O)O)[C@H](CF)C1. The maximum atomic E-state index is 13.0. The lowest BCUT2D eigenvalue weighted by atomic mass is 10.2. The van der Waals surface area contributed by atoms with E-state index in [-0.39, 0.29) is 26.2 Å². The number of alkyl halides is 1. The van der Waals surface area contributed by atoms with Gasteiger partial charge in [0, 0.05) is 19.6 Å². The maximum Gasteiger partial charge on any atom is 0.410 e. The van der Waals surface area contributed by atoms with Crippen molar-refractivity contribution in [3.63, 3.8) is 0 Å². The van der Waals surface area contributed by atoms with Gasteiger partial charge in [-0.15, -0.1) is 0 Å². The zero-order valence-electron chi connectivity index (χ0n) is 11.8. The van der Waals surface area contributed by atoms with Gasteiger partial charge in [0.15, 0.2) is 0 Å². The van der Waals surface area contributed by atoms with Crippen LogP contribution in [0.2, 0.25) is 0 Å². The smallest absolute Gasteiger partial charge is 0.410 e. The molecule has 1 fully saturated rings. The highest BCUT2D eigenvalue weighted by molar-refractivity contribution is 7.83. The van der Waals surface area contributed by atoms with E-state index in [1.165, 1.54) is 4.90 Å². The molecule has 0 aromatic heterocycles. The van der Waals surface area contributed by atoms with Gasteiger partial charge < -0.3 is 9.64 Å². The van der Waals surface area contributed by atoms with Crippen molar-refractivity contribution >= 4 is 16.4 Å². The number of nitrogens with zero attached hydrogens (tertiary/aromatic N) is 2. The summed E-state index contributed by atoms with van der Waals surface area (Å²) in [5.41, 5.74) is 0.814. The zero-order valence-corrected chi connectivity index (χ0v) is 12.6. The van der Waals surface area contributed by atoms with Crippen LogP contribution in [0.25, 0.3) is 0 Å². The average molecular weight is 332 g/mol. The van der Waals surface area contributed by atoms with Crippen LogP contribution in [0.15, 0.2) is 30.3 Å². The highest BCUT2D eigenvalue weighted by Crippen LogP contribution is 2.15. The summed E-state index contributed by atoms with van der Waals surface area (Å²) in [5.74, 6) is 0. The second kappa shape index (κ2) is 7.03. The van der Waals surface area contributed by atoms with E-state index in [4.69, 9.17) is 9.29 Å². The number of ether oxygens (including phenoxy) is 1. The minimum atomic E-state index is -4.48. The number of hydrogen-bond donors (Lipinski definition) is 1. The van der Waals surface area contributed by atoms with Crippen LogP contribution in [0, 0.1) is 0 Å². The van der Waals surface area contributed by atoms with Gasteiger partial charge in [-0.2, -0.15) is 12.7 Å². The quantitative estimate of drug-likeness (QED) is 0.834. The summed E-state index contributed by atoms with van der Waals surface area (Å²) >= 11 is 0. The summed E-state index contributed by atoms with van der Waals surface area (Å²) in [5, 5.41) is 0. The van der Waals surface area contributed by atoms with Gasteiger partial charge in [0.25, 0.3) is 0 Å². The first-order valence-corrected chi connectivity index (χ1v) is 8.07. The van der Waals surface area contributed by atoms with E-state index < -0.39 is 29.1 Å². The first-order valence-electron chi connectivity index (χ1n) is 6.67. The van der Waals surface area contributed by atoms with Crippen LogP contribution < -0.4 is 0 Å². The molecule has 7 nitrogen and oxygen atoms in total. The summed E-state index contributed by atoms with van der Waals surface area (Å²) in [6, 6.07) is 7.96. The van der Waals surface area contributed by atoms with E-state index >= 15 is 0 Å². The van der Waals surface area contributed by atoms with Crippen molar-refractivity contribution in [3.8, 4) is 0 Å². The van der Waals surface area contributed by atoms with Gasteiger partial charge in [0.1, 0.15) is 13.3 Å². The Kier molecular flexibility index (Phi) is 5.33. The topological polar surface area (TPSA) is 87.2 Å². The highest BCUT2D eigenvalue weighted by atomic mass is 32.2. The Labute approximate surface area is 128 Å². The number of rotatable bonds is 4. The second-order valence-electron chi connectivity index (χ2n) is 4.88. The Morgan fingerprint density at radius 2 is 2.00 bits per heavy atom. The van der Waals surface area contributed by atoms with Gasteiger partial charge in [-0.3, -0.25) is 4.55 Å². The van der Waals surface area contributed by atoms with Crippen molar-refractivity contribution in [3.05, 3.63) is 35.9 Å². The molecule has 9 heteroatoms. The molecule has 0 aliphatic carbocycles. The Morgan fingerprint density at radius 3 is 2.59 bits per heavy atom. The first-order chi connectivity index (χ1) is 10.4. The Hall–Kier alpha value is -1.71. The summed E-state index contributed by atoms with van der Waals surface area (Å²) in [6.07, 6.45) is -0.641. The van der Waals surface area contributed by atoms with Crippen molar-refractivity contribution < 1.29 is 26.9 Å². The summed E-state index contributed by atoms with van der Waals surface area (Å²) in [6.45, 7) is -1.22. The lowest BCUT2D eigenvalue weighted by Gasteiger charge is -2.37. The third-order valence-electron chi connectivity index (χ3n) is 3.37. The van der Waals surface area contributed by atoms with Crippen LogP contribution in [0.4, 0.5) is 9.18 Å². The highest BCUT2D eigenvalue weighted by Gasteiger charge is 2.36. The fourth-order valence-corrected chi connectivity index (χ4v) is 3.06. The fourth-order valence-electron chi connectivity index (χ4n) is 2.24. The lowest BCUT2D eigenvalue weighted by molar-refractivity contribution is 0.0635. The van der Waals surface area contributed by atoms with Crippen LogP contribution in [-0.4, -0.2) is 60.6 Å². The molecular formula is C13H17FN2O5S. The third-order valence-corrected chi connectivity index (χ3v) is 4.44. The third kappa shape index (κ3) is 4.15. The molecule has 1 atom stereocenters. The molecule has 0 saturated carbocycles. The second-order valence-corrected chi connectivity index (χ2v) is 6.25. The molecule has 2 rings (SSSR count). The van der Waals surface area contributed by atoms with Crippen molar-refractivity contribution in [1.82, 2.24) is 9.21 Å². The summed E-state index contributed by atoms with van der Waals surface area (Å²) in [4.78, 5) is 13.2. The maximum absolute atomic E-state index is 13.0. The summed E-state index contributed by atoms with van der Waals surface area (Å²) < 4.78 is 50.0. The van der Waals surface area contributed by atoms with Crippen LogP contribution in [0.5, 0.6) is 0 Å². The van der Waals surface area contributed by atoms with Crippen LogP contribution >= 0.6 is 0 Å². The molecule has 122 valence electrons. The molecule has 0 radical (unpaired) electrons. The van der Waals surface area contributed by atoms with E-state index in [9.17, 15) is 17.6 Å². The van der Waals surface area contributed by atoms with Crippen LogP contribution in [0.3, 0.4) is 0 Å². The predicted molar refractivity (Wildman–Crippen MR) is 76.2 cm³/mol. The average Bonchev–Trinajstić information content (AvgIpc) is 2.52. The van der Waals surface area contributed by atoms with Crippen molar-refractivity contribution in [2.45, 2.75) is 12.6 Å². The first kappa shape index (κ1) is 16.7. The van der Waals surface area contributed by atoms with E-state index in [0.29, 0.717) is 4.31 Å². The number of piperazine rings is 1. The Bertz CT molecular complexity index is 610. The molecule has 1 N–H and O–H groups in total. The van der Waals surface area contributed by atoms with Gasteiger partial charge in [0.05, 0.1) is 6.04 Å². The Balaban J connectivity index is 1.92. The molecule has 0 bridgehead atoms. The van der Waals surface area contributed by atoms with E-state index in [2.05, 4.69) is 0 Å². The monoisotopic (exact) mass is 332 g/mol. The fraction of sp³-hybridized carbons (Fsp3) is 0.462. The molecule has 1 aliphatic rings. The van der Waals surface area contributed by atoms with Crippen LogP contribution in [-0.2, 0) is 21.6 Å². The van der Waals surface area contributed by atoms with E-state index in [1.54, 1.807) is 12.1 Å². The molecule has 1 aromatic carbocycles. The zero-order chi connectivity index (χ0) is 16.2. The molecule has 0 spiro atoms. The molecule has 1 amide bonds. The number of carbonyl (C=O) groups is 1. The van der Waals surface area contributed by atoms with Gasteiger partial charge >= 0.3 is 16.4 Å². The number of amides is 1. The molecule has 1 heterocycles. The van der Waals surface area contributed by atoms with Crippen molar-refractivity contribution in [2.75, 3.05) is 26.3 Å². The van der Waals surface area contributed by atoms with Gasteiger partial charge in [-0.25, -0.2) is 9.18 Å². The molecule has 0 unspecified atom stereocenters. The van der Waals surface area contributed by atoms with Gasteiger partial charge in [-0.05, 0) is 5.56 Å². The number of halogens is 1. The van der Waals surface area contributed by atoms with Gasteiger partial charge in [0.2, 0.25) is 0 Å². The van der Waals surface area contributed by atoms with Gasteiger partial charge in [-0.1, -0.05) is 30.3 Å². The largest absolute Gasteiger partial charge is 0.445 e. The lowest BCUT2D eigenvalue weighted by Crippen LogP contribution is -2.57. The molecule has 22 heavy (non-hydrogen) atoms. The molecular weight excluding hydrogens is 315 g/mol. The minimum Gasteiger partial charge on any atom is -0.445 e. The van der Waals surface area contributed by atoms with E-state index in [1.807, 2.05) is 18.2 Å². The number of hydrogen-bond acceptors (Lipinski definition) is 4. The summed E-state index contributed by atoms with van der Waals surface area (Å²) in [7, 11) is -4.48. The number of carbonyl (C=O) groups excluding carboxylic acids is 1. The van der Waals surface area contributed by atoms with Crippen molar-refractivity contribution in [1.29, 1.82) is 0 Å². The molecule has 1 aromatic rings. The predicted octanol–water partition coefficient (Wildman–Crippen LogP) is 1.08. The Morgan fingerprint density at radius 1 is 1.32 bits per heavy atom. The normalized spacial score (nSPS) is 19.9. The standard InChI is InChI=1S/C13H17FN2O5S/c14-8-12-9-15(6-7-16(12)22(18,19)20)13(17)21-10-11-4-2-1-3-5-11/h1-5,12H,6-10H2,(H,18,19,20)/t12-/m1/s1. The number of benzene rings is 1. The van der Waals surface area contributed by atoms with E-state index in [0.717, 1.165) is 5.56 Å².